The van der Waals surface area contributed by atoms with Crippen LogP contribution in [0.25, 0.3) is 11.6 Å². The molecule has 2 N–H and O–H groups in total. The van der Waals surface area contributed by atoms with Crippen LogP contribution < -0.4 is 10.1 Å². The van der Waals surface area contributed by atoms with Crippen LogP contribution >= 0.6 is 0 Å². The topological polar surface area (TPSA) is 75.6 Å². The van der Waals surface area contributed by atoms with Crippen molar-refractivity contribution in [3.05, 3.63) is 58.7 Å². The van der Waals surface area contributed by atoms with Gasteiger partial charge < -0.3 is 15.2 Å². The molecule has 3 rings (SSSR count). The molecule has 0 saturated heterocycles. The first kappa shape index (κ1) is 16.8. The maximum absolute atomic E-state index is 12.3. The molecular formula is C20H19NO4. The number of fused-ring (bicyclic) bond motifs is 1. The number of methoxy groups -OCH3 is 1. The number of carbonyl (C=O) groups is 2. The Balaban J connectivity index is 2.08. The molecule has 5 nitrogen and oxygen atoms in total. The molecule has 0 unspecified atom stereocenters. The first-order chi connectivity index (χ1) is 11.9. The Morgan fingerprint density at radius 1 is 1.20 bits per heavy atom. The molecule has 0 atom stereocenters. The molecule has 1 amide bonds. The van der Waals surface area contributed by atoms with Gasteiger partial charge in [-0.15, -0.1) is 0 Å². The minimum atomic E-state index is -1.02. The number of hydrogen-bond donors (Lipinski definition) is 2. The summed E-state index contributed by atoms with van der Waals surface area (Å²) in [6, 6.07) is 10.4. The highest BCUT2D eigenvalue weighted by atomic mass is 16.5. The lowest BCUT2D eigenvalue weighted by atomic mass is 9.97. The van der Waals surface area contributed by atoms with Crippen molar-refractivity contribution in [2.45, 2.75) is 19.8 Å². The highest BCUT2D eigenvalue weighted by Gasteiger charge is 2.25. The zero-order valence-electron chi connectivity index (χ0n) is 14.3. The molecule has 1 aliphatic heterocycles. The zero-order valence-corrected chi connectivity index (χ0v) is 14.3. The quantitative estimate of drug-likeness (QED) is 0.827. The summed E-state index contributed by atoms with van der Waals surface area (Å²) in [6.45, 7) is 4.15. The van der Waals surface area contributed by atoms with E-state index in [1.807, 2.05) is 18.2 Å². The highest BCUT2D eigenvalue weighted by molar-refractivity contribution is 6.35. The van der Waals surface area contributed by atoms with E-state index in [-0.39, 0.29) is 17.4 Å². The van der Waals surface area contributed by atoms with Gasteiger partial charge in [0.15, 0.2) is 0 Å². The van der Waals surface area contributed by atoms with Crippen molar-refractivity contribution < 1.29 is 19.4 Å². The smallest absolute Gasteiger partial charge is 0.335 e. The summed E-state index contributed by atoms with van der Waals surface area (Å²) in [6.07, 6.45) is 1.78. The molecule has 128 valence electrons. The number of carbonyl (C=O) groups excluding carboxylic acids is 1. The molecule has 0 aromatic heterocycles. The first-order valence-corrected chi connectivity index (χ1v) is 7.99. The van der Waals surface area contributed by atoms with Crippen LogP contribution in [0.15, 0.2) is 36.4 Å². The van der Waals surface area contributed by atoms with E-state index in [9.17, 15) is 14.7 Å². The lowest BCUT2D eigenvalue weighted by Gasteiger charge is -2.12. The van der Waals surface area contributed by atoms with E-state index in [1.54, 1.807) is 19.3 Å². The van der Waals surface area contributed by atoms with Crippen molar-refractivity contribution >= 4 is 29.2 Å². The van der Waals surface area contributed by atoms with Crippen molar-refractivity contribution in [2.75, 3.05) is 12.4 Å². The molecule has 5 heteroatoms. The largest absolute Gasteiger partial charge is 0.496 e. The van der Waals surface area contributed by atoms with Crippen LogP contribution in [0.1, 0.15) is 46.8 Å². The van der Waals surface area contributed by atoms with Gasteiger partial charge >= 0.3 is 5.97 Å². The summed E-state index contributed by atoms with van der Waals surface area (Å²) in [5, 5.41) is 11.9. The second kappa shape index (κ2) is 6.43. The van der Waals surface area contributed by atoms with Crippen LogP contribution in [0, 0.1) is 0 Å². The number of carboxylic acids is 1. The number of anilines is 1. The van der Waals surface area contributed by atoms with Crippen LogP contribution in [0.4, 0.5) is 5.69 Å². The van der Waals surface area contributed by atoms with E-state index in [2.05, 4.69) is 19.2 Å². The van der Waals surface area contributed by atoms with Crippen LogP contribution in [0.5, 0.6) is 5.75 Å². The number of hydrogen-bond acceptors (Lipinski definition) is 3. The number of aromatic carboxylic acids is 1. The Kier molecular flexibility index (Phi) is 4.31. The summed E-state index contributed by atoms with van der Waals surface area (Å²) in [5.41, 5.74) is 3.75. The van der Waals surface area contributed by atoms with Crippen molar-refractivity contribution in [2.24, 2.45) is 0 Å². The second-order valence-electron chi connectivity index (χ2n) is 6.23. The molecule has 1 aliphatic rings. The first-order valence-electron chi connectivity index (χ1n) is 7.99. The van der Waals surface area contributed by atoms with Crippen molar-refractivity contribution in [3.63, 3.8) is 0 Å². The third kappa shape index (κ3) is 3.13. The average Bonchev–Trinajstić information content (AvgIpc) is 2.89. The van der Waals surface area contributed by atoms with Gasteiger partial charge in [0.2, 0.25) is 0 Å². The molecule has 2 aromatic carbocycles. The predicted octanol–water partition coefficient (Wildman–Crippen LogP) is 4.01. The number of rotatable bonds is 4. The van der Waals surface area contributed by atoms with Crippen LogP contribution in [0.2, 0.25) is 0 Å². The number of nitrogens with one attached hydrogen (secondary N) is 1. The summed E-state index contributed by atoms with van der Waals surface area (Å²) < 4.78 is 5.39. The second-order valence-corrected chi connectivity index (χ2v) is 6.23. The van der Waals surface area contributed by atoms with Crippen LogP contribution in [0.3, 0.4) is 0 Å². The van der Waals surface area contributed by atoms with E-state index < -0.39 is 5.97 Å². The normalized spacial score (nSPS) is 14.6. The zero-order chi connectivity index (χ0) is 18.1. The average molecular weight is 337 g/mol. The number of benzene rings is 2. The summed E-state index contributed by atoms with van der Waals surface area (Å²) in [4.78, 5) is 23.5. The minimum Gasteiger partial charge on any atom is -0.496 e. The van der Waals surface area contributed by atoms with E-state index in [0.717, 1.165) is 16.9 Å². The fourth-order valence-corrected chi connectivity index (χ4v) is 2.92. The Bertz CT molecular complexity index is 897. The van der Waals surface area contributed by atoms with Crippen LogP contribution in [-0.2, 0) is 4.79 Å². The molecule has 0 aliphatic carbocycles. The summed E-state index contributed by atoms with van der Waals surface area (Å²) >= 11 is 0. The Hall–Kier alpha value is -3.08. The third-order valence-electron chi connectivity index (χ3n) is 4.24. The lowest BCUT2D eigenvalue weighted by molar-refractivity contribution is -0.110. The molecule has 0 fully saturated rings. The van der Waals surface area contributed by atoms with Crippen molar-refractivity contribution in [1.82, 2.24) is 0 Å². The summed E-state index contributed by atoms with van der Waals surface area (Å²) in [5.74, 6) is -0.175. The fourth-order valence-electron chi connectivity index (χ4n) is 2.92. The maximum atomic E-state index is 12.3. The molecule has 1 heterocycles. The molecule has 0 bridgehead atoms. The van der Waals surface area contributed by atoms with Gasteiger partial charge in [-0.3, -0.25) is 4.79 Å². The van der Waals surface area contributed by atoms with Gasteiger partial charge in [0.25, 0.3) is 5.91 Å². The molecule has 25 heavy (non-hydrogen) atoms. The summed E-state index contributed by atoms with van der Waals surface area (Å²) in [7, 11) is 1.63. The van der Waals surface area contributed by atoms with Gasteiger partial charge in [-0.1, -0.05) is 19.9 Å². The van der Waals surface area contributed by atoms with Crippen LogP contribution in [-0.4, -0.2) is 24.1 Å². The standard InChI is InChI=1S/C20H19NO4/c1-11(2)14-8-12(4-7-18(14)25-3)9-16-15-10-13(20(23)24)5-6-17(15)21-19(16)22/h4-11H,1-3H3,(H,21,22)(H,23,24)/b16-9+. The van der Waals surface area contributed by atoms with Gasteiger partial charge in [0, 0.05) is 16.8 Å². The van der Waals surface area contributed by atoms with E-state index >= 15 is 0 Å². The van der Waals surface area contributed by atoms with E-state index in [4.69, 9.17) is 4.74 Å². The van der Waals surface area contributed by atoms with Gasteiger partial charge in [0.1, 0.15) is 5.75 Å². The number of amides is 1. The third-order valence-corrected chi connectivity index (χ3v) is 4.24. The van der Waals surface area contributed by atoms with E-state index in [0.29, 0.717) is 16.8 Å². The number of carboxylic acid groups (broad SMARTS) is 1. The highest BCUT2D eigenvalue weighted by Crippen LogP contribution is 2.35. The fraction of sp³-hybridized carbons (Fsp3) is 0.200. The molecule has 0 radical (unpaired) electrons. The Labute approximate surface area is 145 Å². The van der Waals surface area contributed by atoms with Crippen molar-refractivity contribution in [3.8, 4) is 5.75 Å². The molecule has 0 spiro atoms. The van der Waals surface area contributed by atoms with Gasteiger partial charge in [-0.25, -0.2) is 4.79 Å². The SMILES string of the molecule is COc1ccc(/C=C2/C(=O)Nc3ccc(C(=O)O)cc32)cc1C(C)C. The number of ether oxygens (including phenoxy) is 1. The monoisotopic (exact) mass is 337 g/mol. The maximum Gasteiger partial charge on any atom is 0.335 e. The molecule has 2 aromatic rings. The predicted molar refractivity (Wildman–Crippen MR) is 97.0 cm³/mol. The van der Waals surface area contributed by atoms with Gasteiger partial charge in [-0.2, -0.15) is 0 Å². The minimum absolute atomic E-state index is 0.152. The van der Waals surface area contributed by atoms with Crippen molar-refractivity contribution in [1.29, 1.82) is 0 Å². The van der Waals surface area contributed by atoms with Gasteiger partial charge in [0.05, 0.1) is 12.7 Å². The lowest BCUT2D eigenvalue weighted by Crippen LogP contribution is -2.03. The molecular weight excluding hydrogens is 318 g/mol. The Morgan fingerprint density at radius 2 is 1.96 bits per heavy atom. The molecule has 0 saturated carbocycles. The van der Waals surface area contributed by atoms with E-state index in [1.165, 1.54) is 12.1 Å². The van der Waals surface area contributed by atoms with Gasteiger partial charge in [-0.05, 0) is 53.5 Å². The Morgan fingerprint density at radius 3 is 2.60 bits per heavy atom.